The molecule has 2 aliphatic heterocycles. The summed E-state index contributed by atoms with van der Waals surface area (Å²) in [4.78, 5) is 31.2. The molecule has 0 unspecified atom stereocenters. The second-order valence-corrected chi connectivity index (χ2v) is 12.5. The Labute approximate surface area is 250 Å². The van der Waals surface area contributed by atoms with Crippen LogP contribution in [0.5, 0.6) is 0 Å². The first kappa shape index (κ1) is 27.6. The number of halogens is 1. The van der Waals surface area contributed by atoms with Crippen molar-refractivity contribution in [2.24, 2.45) is 5.92 Å². The zero-order valence-corrected chi connectivity index (χ0v) is 24.9. The number of carbonyl (C=O) groups is 2. The molecule has 6 nitrogen and oxygen atoms in total. The second kappa shape index (κ2) is 11.7. The molecule has 41 heavy (non-hydrogen) atoms. The number of aromatic nitrogens is 2. The Kier molecular flexibility index (Phi) is 7.91. The van der Waals surface area contributed by atoms with Crippen LogP contribution in [0.2, 0.25) is 5.02 Å². The SMILES string of the molecule is Cc1ccc(-n2nc(-c3ccccc3)c3c2N(CC(=O)N2CCC(C)CC2)C(=O)CS[C@@H]3c2ccccc2Cl)cc1. The molecule has 0 radical (unpaired) electrons. The van der Waals surface area contributed by atoms with Crippen molar-refractivity contribution in [2.75, 3.05) is 30.3 Å². The predicted molar refractivity (Wildman–Crippen MR) is 167 cm³/mol. The van der Waals surface area contributed by atoms with Gasteiger partial charge < -0.3 is 4.90 Å². The molecule has 0 aliphatic carbocycles. The molecule has 2 amide bonds. The van der Waals surface area contributed by atoms with Crippen LogP contribution in [0, 0.1) is 12.8 Å². The average Bonchev–Trinajstić information content (AvgIpc) is 3.31. The van der Waals surface area contributed by atoms with Gasteiger partial charge in [0.15, 0.2) is 0 Å². The van der Waals surface area contributed by atoms with Crippen molar-refractivity contribution >= 4 is 41.0 Å². The molecule has 1 aromatic heterocycles. The fourth-order valence-corrected chi connectivity index (χ4v) is 7.16. The Bertz CT molecular complexity index is 1560. The maximum absolute atomic E-state index is 14.0. The number of amides is 2. The fraction of sp³-hybridized carbons (Fsp3) is 0.303. The largest absolute Gasteiger partial charge is 0.341 e. The van der Waals surface area contributed by atoms with Crippen LogP contribution in [-0.2, 0) is 9.59 Å². The first-order chi connectivity index (χ1) is 19.9. The highest BCUT2D eigenvalue weighted by molar-refractivity contribution is 8.00. The Balaban J connectivity index is 1.57. The van der Waals surface area contributed by atoms with Gasteiger partial charge in [-0.05, 0) is 49.4 Å². The lowest BCUT2D eigenvalue weighted by atomic mass is 9.99. The van der Waals surface area contributed by atoms with Gasteiger partial charge in [0, 0.05) is 29.2 Å². The summed E-state index contributed by atoms with van der Waals surface area (Å²) in [5, 5.41) is 5.54. The summed E-state index contributed by atoms with van der Waals surface area (Å²) in [6.45, 7) is 5.68. The van der Waals surface area contributed by atoms with Crippen LogP contribution in [0.3, 0.4) is 0 Å². The molecule has 3 heterocycles. The third kappa shape index (κ3) is 5.53. The molecule has 0 spiro atoms. The van der Waals surface area contributed by atoms with Gasteiger partial charge in [-0.25, -0.2) is 4.68 Å². The van der Waals surface area contributed by atoms with E-state index in [4.69, 9.17) is 16.7 Å². The third-order valence-corrected chi connectivity index (χ3v) is 9.61. The van der Waals surface area contributed by atoms with E-state index in [0.717, 1.165) is 59.6 Å². The molecule has 210 valence electrons. The zero-order valence-electron chi connectivity index (χ0n) is 23.3. The normalized spacial score (nSPS) is 17.8. The maximum Gasteiger partial charge on any atom is 0.242 e. The van der Waals surface area contributed by atoms with Gasteiger partial charge in [0.05, 0.1) is 22.4 Å². The van der Waals surface area contributed by atoms with Crippen molar-refractivity contribution in [1.29, 1.82) is 0 Å². The lowest BCUT2D eigenvalue weighted by Gasteiger charge is -2.32. The minimum atomic E-state index is -0.256. The van der Waals surface area contributed by atoms with Crippen LogP contribution in [0.25, 0.3) is 16.9 Å². The second-order valence-electron chi connectivity index (χ2n) is 11.0. The van der Waals surface area contributed by atoms with Crippen LogP contribution >= 0.6 is 23.4 Å². The highest BCUT2D eigenvalue weighted by Gasteiger charge is 2.39. The minimum absolute atomic E-state index is 0.0260. The van der Waals surface area contributed by atoms with Gasteiger partial charge in [0.2, 0.25) is 11.8 Å². The Morgan fingerprint density at radius 3 is 2.37 bits per heavy atom. The summed E-state index contributed by atoms with van der Waals surface area (Å²) in [6, 6.07) is 25.9. The van der Waals surface area contributed by atoms with Crippen molar-refractivity contribution in [3.05, 3.63) is 101 Å². The summed E-state index contributed by atoms with van der Waals surface area (Å²) in [6.07, 6.45) is 1.96. The lowest BCUT2D eigenvalue weighted by Crippen LogP contribution is -2.46. The molecule has 0 N–H and O–H groups in total. The van der Waals surface area contributed by atoms with Gasteiger partial charge in [-0.3, -0.25) is 14.5 Å². The summed E-state index contributed by atoms with van der Waals surface area (Å²) in [5.74, 6) is 1.31. The third-order valence-electron chi connectivity index (χ3n) is 8.03. The van der Waals surface area contributed by atoms with Crippen molar-refractivity contribution in [3.8, 4) is 16.9 Å². The van der Waals surface area contributed by atoms with E-state index in [2.05, 4.69) is 6.92 Å². The number of hydrogen-bond donors (Lipinski definition) is 0. The van der Waals surface area contributed by atoms with Crippen LogP contribution in [0.4, 0.5) is 5.82 Å². The predicted octanol–water partition coefficient (Wildman–Crippen LogP) is 6.93. The molecule has 0 saturated carbocycles. The van der Waals surface area contributed by atoms with Gasteiger partial charge in [-0.15, -0.1) is 11.8 Å². The van der Waals surface area contributed by atoms with E-state index in [1.54, 1.807) is 4.90 Å². The zero-order chi connectivity index (χ0) is 28.5. The summed E-state index contributed by atoms with van der Waals surface area (Å²) < 4.78 is 1.84. The number of carbonyl (C=O) groups excluding carboxylic acids is 2. The molecule has 4 aromatic rings. The number of hydrogen-bond acceptors (Lipinski definition) is 4. The van der Waals surface area contributed by atoms with E-state index >= 15 is 0 Å². The van der Waals surface area contributed by atoms with Gasteiger partial charge in [-0.2, -0.15) is 5.10 Å². The van der Waals surface area contributed by atoms with Gasteiger partial charge in [0.1, 0.15) is 12.4 Å². The number of nitrogens with zero attached hydrogens (tertiary/aromatic N) is 4. The topological polar surface area (TPSA) is 58.4 Å². The van der Waals surface area contributed by atoms with E-state index in [9.17, 15) is 9.59 Å². The van der Waals surface area contributed by atoms with Crippen LogP contribution in [-0.4, -0.2) is 51.9 Å². The highest BCUT2D eigenvalue weighted by atomic mass is 35.5. The van der Waals surface area contributed by atoms with E-state index in [0.29, 0.717) is 16.8 Å². The Morgan fingerprint density at radius 2 is 1.66 bits per heavy atom. The van der Waals surface area contributed by atoms with Crippen molar-refractivity contribution < 1.29 is 9.59 Å². The van der Waals surface area contributed by atoms with E-state index in [1.165, 1.54) is 11.8 Å². The average molecular weight is 585 g/mol. The fourth-order valence-electron chi connectivity index (χ4n) is 5.62. The smallest absolute Gasteiger partial charge is 0.242 e. The standard InChI is InChI=1S/C33H33ClN4O2S/c1-22-12-14-25(15-13-22)38-33-30(31(35-38)24-8-4-3-5-9-24)32(26-10-6-7-11-27(26)34)41-21-29(40)37(33)20-28(39)36-18-16-23(2)17-19-36/h3-15,23,32H,16-21H2,1-2H3/t32-/m1/s1. The summed E-state index contributed by atoms with van der Waals surface area (Å²) in [7, 11) is 0. The molecule has 3 aromatic carbocycles. The van der Waals surface area contributed by atoms with Gasteiger partial charge in [-0.1, -0.05) is 84.8 Å². The molecule has 6 rings (SSSR count). The van der Waals surface area contributed by atoms with E-state index in [1.807, 2.05) is 95.4 Å². The molecular weight excluding hydrogens is 552 g/mol. The molecule has 1 fully saturated rings. The first-order valence-electron chi connectivity index (χ1n) is 14.1. The summed E-state index contributed by atoms with van der Waals surface area (Å²) in [5.41, 5.74) is 5.49. The molecule has 0 bridgehead atoms. The lowest BCUT2D eigenvalue weighted by molar-refractivity contribution is -0.132. The number of benzene rings is 3. The number of likely N-dealkylation sites (tertiary alicyclic amines) is 1. The number of rotatable bonds is 5. The number of fused-ring (bicyclic) bond motifs is 1. The van der Waals surface area contributed by atoms with Crippen LogP contribution in [0.15, 0.2) is 78.9 Å². The molecule has 2 aliphatic rings. The molecule has 1 atom stereocenters. The summed E-state index contributed by atoms with van der Waals surface area (Å²) >= 11 is 8.32. The number of anilines is 1. The number of aryl methyl sites for hydroxylation is 1. The van der Waals surface area contributed by atoms with Gasteiger partial charge in [0.25, 0.3) is 0 Å². The number of thioether (sulfide) groups is 1. The van der Waals surface area contributed by atoms with Crippen LogP contribution in [0.1, 0.15) is 41.7 Å². The van der Waals surface area contributed by atoms with E-state index in [-0.39, 0.29) is 29.4 Å². The number of piperidine rings is 1. The maximum atomic E-state index is 14.0. The first-order valence-corrected chi connectivity index (χ1v) is 15.5. The minimum Gasteiger partial charge on any atom is -0.341 e. The van der Waals surface area contributed by atoms with Crippen molar-refractivity contribution in [2.45, 2.75) is 31.9 Å². The van der Waals surface area contributed by atoms with Gasteiger partial charge >= 0.3 is 0 Å². The van der Waals surface area contributed by atoms with E-state index < -0.39 is 0 Å². The molecule has 8 heteroatoms. The quantitative estimate of drug-likeness (QED) is 0.255. The van der Waals surface area contributed by atoms with Crippen molar-refractivity contribution in [3.63, 3.8) is 0 Å². The molecule has 1 saturated heterocycles. The monoisotopic (exact) mass is 584 g/mol. The van der Waals surface area contributed by atoms with Crippen molar-refractivity contribution in [1.82, 2.24) is 14.7 Å². The highest BCUT2D eigenvalue weighted by Crippen LogP contribution is 2.49. The Hall–Kier alpha value is -3.55. The molecular formula is C33H33ClN4O2S. The van der Waals surface area contributed by atoms with Crippen LogP contribution < -0.4 is 4.90 Å². The Morgan fingerprint density at radius 1 is 0.976 bits per heavy atom.